The molecule has 0 unspecified atom stereocenters. The van der Waals surface area contributed by atoms with Crippen LogP contribution in [0.15, 0.2) is 18.2 Å². The Labute approximate surface area is 134 Å². The molecule has 1 aromatic carbocycles. The van der Waals surface area contributed by atoms with E-state index in [1.54, 1.807) is 0 Å². The molecule has 0 aromatic heterocycles. The molecule has 0 atom stereocenters. The van der Waals surface area contributed by atoms with E-state index in [1.807, 2.05) is 6.07 Å². The van der Waals surface area contributed by atoms with Crippen LogP contribution < -0.4 is 10.2 Å². The normalized spacial score (nSPS) is 16.7. The van der Waals surface area contributed by atoms with Gasteiger partial charge in [-0.15, -0.1) is 0 Å². The molecule has 3 nitrogen and oxygen atoms in total. The average molecular weight is 310 g/mol. The second-order valence-electron chi connectivity index (χ2n) is 6.04. The molecule has 118 valence electrons. The predicted octanol–water partition coefficient (Wildman–Crippen LogP) is 3.37. The van der Waals surface area contributed by atoms with Crippen LogP contribution in [0.25, 0.3) is 0 Å². The fraction of sp³-hybridized carbons (Fsp3) is 0.647. The van der Waals surface area contributed by atoms with E-state index in [9.17, 15) is 0 Å². The Kier molecular flexibility index (Phi) is 6.34. The van der Waals surface area contributed by atoms with Crippen LogP contribution in [0, 0.1) is 0 Å². The maximum absolute atomic E-state index is 6.49. The van der Waals surface area contributed by atoms with Crippen LogP contribution in [0.5, 0.6) is 0 Å². The van der Waals surface area contributed by atoms with Crippen molar-refractivity contribution >= 4 is 17.3 Å². The number of para-hydroxylation sites is 1. The summed E-state index contributed by atoms with van der Waals surface area (Å²) in [5.41, 5.74) is 2.54. The van der Waals surface area contributed by atoms with Crippen LogP contribution in [0.1, 0.15) is 32.8 Å². The first-order valence-electron chi connectivity index (χ1n) is 8.10. The van der Waals surface area contributed by atoms with Gasteiger partial charge in [0.1, 0.15) is 0 Å². The first kappa shape index (κ1) is 16.6. The first-order valence-corrected chi connectivity index (χ1v) is 8.48. The summed E-state index contributed by atoms with van der Waals surface area (Å²) in [5.74, 6) is 0. The topological polar surface area (TPSA) is 18.5 Å². The van der Waals surface area contributed by atoms with Crippen molar-refractivity contribution in [2.45, 2.75) is 39.8 Å². The standard InChI is InChI=1S/C17H28ClN3/c1-4-8-19-13-15-6-5-7-16(18)17(15)21-11-9-20(10-12-21)14(2)3/h5-7,14,19H,4,8-13H2,1-3H3. The molecule has 0 bridgehead atoms. The van der Waals surface area contributed by atoms with Crippen molar-refractivity contribution in [2.75, 3.05) is 37.6 Å². The third-order valence-corrected chi connectivity index (χ3v) is 4.48. The van der Waals surface area contributed by atoms with Crippen LogP contribution in [-0.2, 0) is 6.54 Å². The molecule has 0 spiro atoms. The fourth-order valence-corrected chi connectivity index (χ4v) is 3.23. The van der Waals surface area contributed by atoms with Crippen molar-refractivity contribution in [3.8, 4) is 0 Å². The smallest absolute Gasteiger partial charge is 0.0642 e. The number of nitrogens with zero attached hydrogens (tertiary/aromatic N) is 2. The van der Waals surface area contributed by atoms with E-state index in [2.05, 4.69) is 48.0 Å². The van der Waals surface area contributed by atoms with Crippen LogP contribution >= 0.6 is 11.6 Å². The van der Waals surface area contributed by atoms with Crippen molar-refractivity contribution < 1.29 is 0 Å². The van der Waals surface area contributed by atoms with Crippen LogP contribution in [0.2, 0.25) is 5.02 Å². The Hall–Kier alpha value is -0.770. The predicted molar refractivity (Wildman–Crippen MR) is 92.4 cm³/mol. The minimum absolute atomic E-state index is 0.629. The van der Waals surface area contributed by atoms with Gasteiger partial charge >= 0.3 is 0 Å². The Morgan fingerprint density at radius 1 is 1.19 bits per heavy atom. The van der Waals surface area contributed by atoms with Gasteiger partial charge in [0, 0.05) is 38.8 Å². The summed E-state index contributed by atoms with van der Waals surface area (Å²) in [6, 6.07) is 6.89. The molecule has 1 fully saturated rings. The monoisotopic (exact) mass is 309 g/mol. The number of benzene rings is 1. The zero-order valence-electron chi connectivity index (χ0n) is 13.5. The van der Waals surface area contributed by atoms with Crippen molar-refractivity contribution in [1.82, 2.24) is 10.2 Å². The summed E-state index contributed by atoms with van der Waals surface area (Å²) in [6.45, 7) is 13.0. The van der Waals surface area contributed by atoms with Gasteiger partial charge in [0.25, 0.3) is 0 Å². The van der Waals surface area contributed by atoms with Crippen molar-refractivity contribution in [3.05, 3.63) is 28.8 Å². The molecule has 1 aliphatic heterocycles. The quantitative estimate of drug-likeness (QED) is 0.813. The summed E-state index contributed by atoms with van der Waals surface area (Å²) in [5, 5.41) is 4.37. The lowest BCUT2D eigenvalue weighted by atomic mass is 10.1. The third kappa shape index (κ3) is 4.35. The molecular formula is C17H28ClN3. The van der Waals surface area contributed by atoms with Gasteiger partial charge in [-0.05, 0) is 38.4 Å². The van der Waals surface area contributed by atoms with E-state index in [0.717, 1.165) is 50.7 Å². The summed E-state index contributed by atoms with van der Waals surface area (Å²) in [6.07, 6.45) is 1.16. The molecule has 1 aliphatic rings. The summed E-state index contributed by atoms with van der Waals surface area (Å²) >= 11 is 6.49. The Morgan fingerprint density at radius 3 is 2.52 bits per heavy atom. The molecule has 1 saturated heterocycles. The van der Waals surface area contributed by atoms with Crippen molar-refractivity contribution in [2.24, 2.45) is 0 Å². The molecule has 0 saturated carbocycles. The molecule has 4 heteroatoms. The average Bonchev–Trinajstić information content (AvgIpc) is 2.48. The molecule has 1 heterocycles. The maximum atomic E-state index is 6.49. The SMILES string of the molecule is CCCNCc1cccc(Cl)c1N1CCN(C(C)C)CC1. The van der Waals surface area contributed by atoms with Crippen molar-refractivity contribution in [3.63, 3.8) is 0 Å². The van der Waals surface area contributed by atoms with Crippen LogP contribution in [0.4, 0.5) is 5.69 Å². The minimum Gasteiger partial charge on any atom is -0.367 e. The highest BCUT2D eigenvalue weighted by Gasteiger charge is 2.22. The second-order valence-corrected chi connectivity index (χ2v) is 6.45. The molecule has 0 radical (unpaired) electrons. The molecule has 1 aromatic rings. The van der Waals surface area contributed by atoms with Gasteiger partial charge in [0.05, 0.1) is 10.7 Å². The number of halogens is 1. The van der Waals surface area contributed by atoms with Gasteiger partial charge in [0.2, 0.25) is 0 Å². The molecule has 2 rings (SSSR count). The molecular weight excluding hydrogens is 282 g/mol. The lowest BCUT2D eigenvalue weighted by molar-refractivity contribution is 0.209. The van der Waals surface area contributed by atoms with Crippen LogP contribution in [-0.4, -0.2) is 43.7 Å². The van der Waals surface area contributed by atoms with E-state index < -0.39 is 0 Å². The Morgan fingerprint density at radius 2 is 1.90 bits per heavy atom. The summed E-state index contributed by atoms with van der Waals surface area (Å²) in [4.78, 5) is 4.98. The number of piperazine rings is 1. The molecule has 0 aliphatic carbocycles. The van der Waals surface area contributed by atoms with Gasteiger partial charge < -0.3 is 10.2 Å². The number of rotatable bonds is 6. The molecule has 0 amide bonds. The lowest BCUT2D eigenvalue weighted by Crippen LogP contribution is -2.49. The third-order valence-electron chi connectivity index (χ3n) is 4.17. The zero-order valence-corrected chi connectivity index (χ0v) is 14.3. The fourth-order valence-electron chi connectivity index (χ4n) is 2.92. The largest absolute Gasteiger partial charge is 0.367 e. The first-order chi connectivity index (χ1) is 10.1. The van der Waals surface area contributed by atoms with E-state index in [4.69, 9.17) is 11.6 Å². The second kappa shape index (κ2) is 8.02. The zero-order chi connectivity index (χ0) is 15.2. The number of hydrogen-bond donors (Lipinski definition) is 1. The van der Waals surface area contributed by atoms with Gasteiger partial charge in [0.15, 0.2) is 0 Å². The van der Waals surface area contributed by atoms with E-state index in [0.29, 0.717) is 6.04 Å². The van der Waals surface area contributed by atoms with Gasteiger partial charge in [-0.1, -0.05) is 30.7 Å². The summed E-state index contributed by atoms with van der Waals surface area (Å²) in [7, 11) is 0. The van der Waals surface area contributed by atoms with E-state index >= 15 is 0 Å². The highest BCUT2D eigenvalue weighted by Crippen LogP contribution is 2.31. The maximum Gasteiger partial charge on any atom is 0.0642 e. The van der Waals surface area contributed by atoms with Gasteiger partial charge in [-0.2, -0.15) is 0 Å². The number of anilines is 1. The van der Waals surface area contributed by atoms with E-state index in [-0.39, 0.29) is 0 Å². The molecule has 21 heavy (non-hydrogen) atoms. The molecule has 1 N–H and O–H groups in total. The van der Waals surface area contributed by atoms with E-state index in [1.165, 1.54) is 11.3 Å². The number of nitrogens with one attached hydrogen (secondary N) is 1. The Bertz CT molecular complexity index is 440. The van der Waals surface area contributed by atoms with Gasteiger partial charge in [-0.25, -0.2) is 0 Å². The highest BCUT2D eigenvalue weighted by molar-refractivity contribution is 6.33. The lowest BCUT2D eigenvalue weighted by Gasteiger charge is -2.39. The van der Waals surface area contributed by atoms with Crippen molar-refractivity contribution in [1.29, 1.82) is 0 Å². The van der Waals surface area contributed by atoms with Gasteiger partial charge in [-0.3, -0.25) is 4.90 Å². The Balaban J connectivity index is 2.08. The highest BCUT2D eigenvalue weighted by atomic mass is 35.5. The number of hydrogen-bond acceptors (Lipinski definition) is 3. The van der Waals surface area contributed by atoms with Crippen LogP contribution in [0.3, 0.4) is 0 Å². The summed E-state index contributed by atoms with van der Waals surface area (Å²) < 4.78 is 0. The minimum atomic E-state index is 0.629.